The molecule has 29 heavy (non-hydrogen) atoms. The summed E-state index contributed by atoms with van der Waals surface area (Å²) in [4.78, 5) is 0. The van der Waals surface area contributed by atoms with Gasteiger partial charge in [-0.25, -0.2) is 5.10 Å². The van der Waals surface area contributed by atoms with E-state index in [2.05, 4.69) is 5.10 Å². The molecule has 1 saturated heterocycles. The number of nitrogens with zero attached hydrogens (tertiary/aromatic N) is 1. The van der Waals surface area contributed by atoms with Crippen molar-refractivity contribution in [2.75, 3.05) is 0 Å². The van der Waals surface area contributed by atoms with Gasteiger partial charge in [-0.15, -0.1) is 0 Å². The third-order valence-electron chi connectivity index (χ3n) is 5.16. The summed E-state index contributed by atoms with van der Waals surface area (Å²) in [7, 11) is -1.18. The summed E-state index contributed by atoms with van der Waals surface area (Å²) in [6.45, 7) is -2.08. The average Bonchev–Trinajstić information content (AvgIpc) is 3.36. The summed E-state index contributed by atoms with van der Waals surface area (Å²) in [6.07, 6.45) is 3.77. The molecule has 1 aliphatic rings. The Balaban J connectivity index is 1.66. The zero-order valence-corrected chi connectivity index (χ0v) is 15.8. The highest BCUT2D eigenvalue weighted by molar-refractivity contribution is 6.91. The summed E-state index contributed by atoms with van der Waals surface area (Å²) >= 11 is 0. The first-order valence-corrected chi connectivity index (χ1v) is 9.71. The molecule has 1 N–H and O–H groups in total. The maximum atomic E-state index is 6.59. The molecule has 1 fully saturated rings. The molecule has 0 unspecified atom stereocenters. The van der Waals surface area contributed by atoms with Crippen molar-refractivity contribution < 1.29 is 18.3 Å². The van der Waals surface area contributed by atoms with Crippen molar-refractivity contribution in [1.82, 2.24) is 5.10 Å². The summed E-state index contributed by atoms with van der Waals surface area (Å²) in [5.41, 5.74) is 2.79. The lowest BCUT2D eigenvalue weighted by Gasteiger charge is -2.44. The van der Waals surface area contributed by atoms with E-state index in [9.17, 15) is 0 Å². The Kier molecular flexibility index (Phi) is 4.81. The Bertz CT molecular complexity index is 1000. The van der Waals surface area contributed by atoms with Gasteiger partial charge in [0.15, 0.2) is 0 Å². The lowest BCUT2D eigenvalue weighted by molar-refractivity contribution is -0.628. The first-order chi connectivity index (χ1) is 14.4. The topological polar surface area (TPSA) is 47.4 Å². The van der Waals surface area contributed by atoms with Gasteiger partial charge in [0.25, 0.3) is 0 Å². The van der Waals surface area contributed by atoms with Crippen LogP contribution in [-0.2, 0) is 13.7 Å². The van der Waals surface area contributed by atoms with Crippen LogP contribution in [0.15, 0.2) is 109 Å². The van der Waals surface area contributed by atoms with Crippen LogP contribution in [-0.4, -0.2) is 26.0 Å². The van der Waals surface area contributed by atoms with Gasteiger partial charge in [0.1, 0.15) is 6.20 Å². The zero-order chi connectivity index (χ0) is 19.5. The van der Waals surface area contributed by atoms with Gasteiger partial charge in [0.2, 0.25) is 0 Å². The van der Waals surface area contributed by atoms with Crippen LogP contribution in [0.1, 0.15) is 0 Å². The monoisotopic (exact) mass is 380 g/mol. The minimum atomic E-state index is -2.08. The van der Waals surface area contributed by atoms with Crippen LogP contribution in [0, 0.1) is 0 Å². The van der Waals surface area contributed by atoms with Crippen molar-refractivity contribution in [1.29, 1.82) is 0 Å². The third kappa shape index (κ3) is 3.42. The fourth-order valence-corrected chi connectivity index (χ4v) is 3.74. The molecule has 0 atom stereocenters. The highest BCUT2D eigenvalue weighted by atomic mass is 16.7. The van der Waals surface area contributed by atoms with Gasteiger partial charge in [-0.05, 0) is 10.9 Å². The van der Waals surface area contributed by atoms with Gasteiger partial charge < -0.3 is 13.7 Å². The number of benzene rings is 3. The molecule has 0 saturated carbocycles. The molecular formula is C21H19B3N2O3. The largest absolute Gasteiger partial charge is 0.574 e. The number of aromatic nitrogens is 2. The van der Waals surface area contributed by atoms with E-state index < -0.39 is 20.9 Å². The molecule has 1 aliphatic heterocycles. The minimum Gasteiger partial charge on any atom is -0.541 e. The summed E-state index contributed by atoms with van der Waals surface area (Å²) in [5, 5.41) is 3.23. The van der Waals surface area contributed by atoms with Gasteiger partial charge in [-0.3, -0.25) is 4.59 Å². The Morgan fingerprint density at radius 2 is 1.17 bits per heavy atom. The second-order valence-corrected chi connectivity index (χ2v) is 7.02. The van der Waals surface area contributed by atoms with Crippen LogP contribution in [0.4, 0.5) is 0 Å². The maximum absolute atomic E-state index is 6.59. The molecule has 5 nitrogen and oxygen atoms in total. The number of H-pyrrole nitrogens is 1. The van der Waals surface area contributed by atoms with Crippen molar-refractivity contribution >= 4 is 37.3 Å². The van der Waals surface area contributed by atoms with E-state index in [1.807, 2.05) is 114 Å². The van der Waals surface area contributed by atoms with Gasteiger partial charge >= 0.3 is 20.9 Å². The van der Waals surface area contributed by atoms with E-state index in [4.69, 9.17) is 13.7 Å². The first kappa shape index (κ1) is 18.0. The van der Waals surface area contributed by atoms with E-state index in [-0.39, 0.29) is 0 Å². The Hall–Kier alpha value is -3.06. The Labute approximate surface area is 170 Å². The van der Waals surface area contributed by atoms with Gasteiger partial charge in [0, 0.05) is 6.07 Å². The summed E-state index contributed by atoms with van der Waals surface area (Å²) < 4.78 is 21.3. The average molecular weight is 380 g/mol. The van der Waals surface area contributed by atoms with Crippen LogP contribution in [0.5, 0.6) is 0 Å². The molecule has 4 aromatic rings. The van der Waals surface area contributed by atoms with Crippen LogP contribution in [0.3, 0.4) is 0 Å². The van der Waals surface area contributed by atoms with Crippen LogP contribution >= 0.6 is 0 Å². The molecule has 0 spiro atoms. The molecule has 2 heterocycles. The van der Waals surface area contributed by atoms with E-state index in [0.29, 0.717) is 0 Å². The third-order valence-corrected chi connectivity index (χ3v) is 5.16. The van der Waals surface area contributed by atoms with E-state index in [1.54, 1.807) is 0 Å². The van der Waals surface area contributed by atoms with Crippen LogP contribution in [0.2, 0.25) is 0 Å². The van der Waals surface area contributed by atoms with E-state index >= 15 is 0 Å². The Morgan fingerprint density at radius 3 is 1.66 bits per heavy atom. The number of aromatic amines is 1. The number of rotatable bonds is 4. The minimum absolute atomic E-state index is 0.592. The lowest BCUT2D eigenvalue weighted by Crippen LogP contribution is -2.83. The Morgan fingerprint density at radius 1 is 0.655 bits per heavy atom. The van der Waals surface area contributed by atoms with Crippen molar-refractivity contribution in [3.8, 4) is 0 Å². The first-order valence-electron chi connectivity index (χ1n) is 9.71. The SMILES string of the molecule is c1ccc(B2OB(c3ccccc3)O[B-](c3ccccc3)([n+]3ccc[nH]3)O2)cc1. The molecule has 0 aliphatic carbocycles. The number of hydrogen-bond donors (Lipinski definition) is 1. The maximum Gasteiger partial charge on any atom is 0.574 e. The highest BCUT2D eigenvalue weighted by Crippen LogP contribution is 2.16. The molecule has 1 aromatic heterocycles. The molecule has 0 radical (unpaired) electrons. The summed E-state index contributed by atoms with van der Waals surface area (Å²) in [6, 6.07) is 31.8. The van der Waals surface area contributed by atoms with Crippen LogP contribution < -0.4 is 21.0 Å². The summed E-state index contributed by atoms with van der Waals surface area (Å²) in [5.74, 6) is 0. The quantitative estimate of drug-likeness (QED) is 0.535. The van der Waals surface area contributed by atoms with Crippen molar-refractivity contribution in [3.63, 3.8) is 0 Å². The second-order valence-electron chi connectivity index (χ2n) is 7.02. The molecule has 140 valence electrons. The molecular weight excluding hydrogens is 361 g/mol. The highest BCUT2D eigenvalue weighted by Gasteiger charge is 2.54. The van der Waals surface area contributed by atoms with E-state index in [0.717, 1.165) is 16.4 Å². The van der Waals surface area contributed by atoms with Gasteiger partial charge in [0.05, 0.1) is 6.20 Å². The fraction of sp³-hybridized carbons (Fsp3) is 0. The molecule has 0 amide bonds. The predicted octanol–water partition coefficient (Wildman–Crippen LogP) is 0.851. The smallest absolute Gasteiger partial charge is 0.541 e. The molecule has 8 heteroatoms. The second kappa shape index (κ2) is 7.75. The van der Waals surface area contributed by atoms with Gasteiger partial charge in [-0.2, -0.15) is 0 Å². The normalized spacial score (nSPS) is 16.0. The lowest BCUT2D eigenvalue weighted by atomic mass is 9.54. The van der Waals surface area contributed by atoms with Crippen molar-refractivity contribution in [2.24, 2.45) is 0 Å². The van der Waals surface area contributed by atoms with E-state index in [1.165, 1.54) is 0 Å². The number of hydrogen-bond acceptors (Lipinski definition) is 3. The van der Waals surface area contributed by atoms with Crippen LogP contribution in [0.25, 0.3) is 0 Å². The zero-order valence-electron chi connectivity index (χ0n) is 15.8. The molecule has 0 bridgehead atoms. The standard InChI is InChI=1S/C21H19B3N2O3/c1-4-11-19(12-5-1)22-27-23(20-13-6-2-7-14-20)29-24(28-22,26-18-10-17-25-26)21-15-8-3-9-16-21/h1-18,25H. The van der Waals surface area contributed by atoms with Gasteiger partial charge in [-0.1, -0.05) is 96.5 Å². The fourth-order valence-electron chi connectivity index (χ4n) is 3.74. The number of nitrogens with one attached hydrogen (secondary N) is 1. The molecule has 5 rings (SSSR count). The van der Waals surface area contributed by atoms with Crippen molar-refractivity contribution in [3.05, 3.63) is 109 Å². The molecule has 3 aromatic carbocycles. The van der Waals surface area contributed by atoms with Crippen molar-refractivity contribution in [2.45, 2.75) is 0 Å². The predicted molar refractivity (Wildman–Crippen MR) is 115 cm³/mol.